The van der Waals surface area contributed by atoms with Crippen molar-refractivity contribution < 1.29 is 19.0 Å². The standard InChI is InChI=1S/C23H28N4O4/c1-17-24-25-23(31-17)18-6-5-7-20(14-18)30-16-19(28)15-26-10-12-27(13-11-26)21-8-3-4-9-22(21)29-2/h3-9,14,19,28H,10-13,15-16H2,1-2H3/t19-/m0/s1. The molecule has 8 nitrogen and oxygen atoms in total. The SMILES string of the molecule is COc1ccccc1N1CCN(C[C@H](O)COc2cccc(-c3nnc(C)o3)c2)CC1. The summed E-state index contributed by atoms with van der Waals surface area (Å²) < 4.78 is 16.7. The molecular weight excluding hydrogens is 396 g/mol. The van der Waals surface area contributed by atoms with Crippen molar-refractivity contribution in [2.24, 2.45) is 0 Å². The van der Waals surface area contributed by atoms with Crippen LogP contribution in [0.4, 0.5) is 5.69 Å². The van der Waals surface area contributed by atoms with Gasteiger partial charge in [-0.2, -0.15) is 0 Å². The molecule has 0 aliphatic carbocycles. The smallest absolute Gasteiger partial charge is 0.247 e. The highest BCUT2D eigenvalue weighted by Crippen LogP contribution is 2.28. The Morgan fingerprint density at radius 3 is 2.61 bits per heavy atom. The van der Waals surface area contributed by atoms with Gasteiger partial charge in [-0.1, -0.05) is 18.2 Å². The number of anilines is 1. The Hall–Kier alpha value is -3.10. The maximum Gasteiger partial charge on any atom is 0.247 e. The molecule has 4 rings (SSSR count). The summed E-state index contributed by atoms with van der Waals surface area (Å²) in [5.41, 5.74) is 1.91. The summed E-state index contributed by atoms with van der Waals surface area (Å²) in [5, 5.41) is 18.4. The third kappa shape index (κ3) is 5.34. The largest absolute Gasteiger partial charge is 0.495 e. The Morgan fingerprint density at radius 1 is 1.06 bits per heavy atom. The molecular formula is C23H28N4O4. The first-order valence-corrected chi connectivity index (χ1v) is 10.4. The summed E-state index contributed by atoms with van der Waals surface area (Å²) in [6.07, 6.45) is -0.577. The van der Waals surface area contributed by atoms with Crippen LogP contribution in [0.3, 0.4) is 0 Å². The molecule has 0 unspecified atom stereocenters. The Morgan fingerprint density at radius 2 is 1.87 bits per heavy atom. The number of aromatic nitrogens is 2. The second-order valence-electron chi connectivity index (χ2n) is 7.58. The van der Waals surface area contributed by atoms with Crippen LogP contribution < -0.4 is 14.4 Å². The Labute approximate surface area is 182 Å². The number of piperazine rings is 1. The lowest BCUT2D eigenvalue weighted by Gasteiger charge is -2.37. The minimum Gasteiger partial charge on any atom is -0.495 e. The molecule has 0 amide bonds. The van der Waals surface area contributed by atoms with E-state index in [1.165, 1.54) is 0 Å². The van der Waals surface area contributed by atoms with Crippen LogP contribution in [0.1, 0.15) is 5.89 Å². The van der Waals surface area contributed by atoms with Crippen molar-refractivity contribution >= 4 is 5.69 Å². The number of rotatable bonds is 8. The summed E-state index contributed by atoms with van der Waals surface area (Å²) in [7, 11) is 1.70. The van der Waals surface area contributed by atoms with Crippen LogP contribution in [-0.4, -0.2) is 72.7 Å². The van der Waals surface area contributed by atoms with E-state index in [1.54, 1.807) is 14.0 Å². The fourth-order valence-corrected chi connectivity index (χ4v) is 3.74. The van der Waals surface area contributed by atoms with Crippen molar-refractivity contribution in [1.82, 2.24) is 15.1 Å². The number of aryl methyl sites for hydroxylation is 1. The van der Waals surface area contributed by atoms with Crippen LogP contribution in [0.5, 0.6) is 11.5 Å². The van der Waals surface area contributed by atoms with Crippen molar-refractivity contribution in [2.45, 2.75) is 13.0 Å². The van der Waals surface area contributed by atoms with Crippen molar-refractivity contribution in [1.29, 1.82) is 0 Å². The highest BCUT2D eigenvalue weighted by molar-refractivity contribution is 5.58. The molecule has 3 aromatic rings. The van der Waals surface area contributed by atoms with Crippen LogP contribution in [0.2, 0.25) is 0 Å². The number of hydrogen-bond acceptors (Lipinski definition) is 8. The van der Waals surface area contributed by atoms with E-state index in [0.29, 0.717) is 24.1 Å². The molecule has 31 heavy (non-hydrogen) atoms. The van der Waals surface area contributed by atoms with Crippen LogP contribution >= 0.6 is 0 Å². The number of β-amino-alcohol motifs (C(OH)–C–C–N with tert-alkyl or cyclic N) is 1. The van der Waals surface area contributed by atoms with E-state index in [4.69, 9.17) is 13.9 Å². The van der Waals surface area contributed by atoms with E-state index in [9.17, 15) is 5.11 Å². The fourth-order valence-electron chi connectivity index (χ4n) is 3.74. The van der Waals surface area contributed by atoms with Crippen molar-refractivity contribution in [2.75, 3.05) is 51.3 Å². The van der Waals surface area contributed by atoms with Gasteiger partial charge in [-0.05, 0) is 30.3 Å². The summed E-state index contributed by atoms with van der Waals surface area (Å²) >= 11 is 0. The molecule has 0 spiro atoms. The van der Waals surface area contributed by atoms with Crippen molar-refractivity contribution in [3.8, 4) is 23.0 Å². The maximum absolute atomic E-state index is 10.5. The predicted octanol–water partition coefficient (Wildman–Crippen LogP) is 2.62. The molecule has 1 fully saturated rings. The molecule has 8 heteroatoms. The Balaban J connectivity index is 1.25. The molecule has 1 saturated heterocycles. The monoisotopic (exact) mass is 424 g/mol. The van der Waals surface area contributed by atoms with E-state index in [0.717, 1.165) is 43.2 Å². The molecule has 164 valence electrons. The Kier molecular flexibility index (Phi) is 6.69. The topological polar surface area (TPSA) is 84.1 Å². The summed E-state index contributed by atoms with van der Waals surface area (Å²) in [6, 6.07) is 15.5. The highest BCUT2D eigenvalue weighted by Gasteiger charge is 2.21. The predicted molar refractivity (Wildman–Crippen MR) is 118 cm³/mol. The van der Waals surface area contributed by atoms with Gasteiger partial charge in [0.15, 0.2) is 0 Å². The lowest BCUT2D eigenvalue weighted by Crippen LogP contribution is -2.49. The average Bonchev–Trinajstić information content (AvgIpc) is 3.25. The molecule has 2 heterocycles. The average molecular weight is 425 g/mol. The number of aliphatic hydroxyl groups is 1. The van der Waals surface area contributed by atoms with Gasteiger partial charge in [-0.25, -0.2) is 0 Å². The van der Waals surface area contributed by atoms with E-state index in [1.807, 2.05) is 42.5 Å². The second kappa shape index (κ2) is 9.80. The van der Waals surface area contributed by atoms with Crippen LogP contribution in [-0.2, 0) is 0 Å². The van der Waals surface area contributed by atoms with Gasteiger partial charge in [0.05, 0.1) is 12.8 Å². The minimum absolute atomic E-state index is 0.221. The lowest BCUT2D eigenvalue weighted by atomic mass is 10.2. The zero-order valence-electron chi connectivity index (χ0n) is 17.9. The van der Waals surface area contributed by atoms with Gasteiger partial charge in [0, 0.05) is 45.2 Å². The van der Waals surface area contributed by atoms with Gasteiger partial charge in [-0.15, -0.1) is 10.2 Å². The number of aliphatic hydroxyl groups excluding tert-OH is 1. The zero-order valence-corrected chi connectivity index (χ0v) is 17.9. The minimum atomic E-state index is -0.577. The number of ether oxygens (including phenoxy) is 2. The van der Waals surface area contributed by atoms with Gasteiger partial charge in [-0.3, -0.25) is 4.90 Å². The third-order valence-electron chi connectivity index (χ3n) is 5.32. The number of benzene rings is 2. The highest BCUT2D eigenvalue weighted by atomic mass is 16.5. The van der Waals surface area contributed by atoms with E-state index < -0.39 is 6.10 Å². The van der Waals surface area contributed by atoms with Gasteiger partial charge < -0.3 is 23.9 Å². The van der Waals surface area contributed by atoms with Crippen LogP contribution in [0.15, 0.2) is 52.9 Å². The second-order valence-corrected chi connectivity index (χ2v) is 7.58. The third-order valence-corrected chi connectivity index (χ3v) is 5.32. The van der Waals surface area contributed by atoms with Crippen LogP contribution in [0.25, 0.3) is 11.5 Å². The molecule has 0 bridgehead atoms. The number of nitrogens with zero attached hydrogens (tertiary/aromatic N) is 4. The lowest BCUT2D eigenvalue weighted by molar-refractivity contribution is 0.0663. The molecule has 1 aliphatic heterocycles. The van der Waals surface area contributed by atoms with E-state index in [2.05, 4.69) is 26.1 Å². The van der Waals surface area contributed by atoms with Crippen molar-refractivity contribution in [3.63, 3.8) is 0 Å². The van der Waals surface area contributed by atoms with Crippen LogP contribution in [0, 0.1) is 6.92 Å². The molecule has 1 N–H and O–H groups in total. The molecule has 2 aromatic carbocycles. The first-order valence-electron chi connectivity index (χ1n) is 10.4. The van der Waals surface area contributed by atoms with Gasteiger partial charge in [0.25, 0.3) is 0 Å². The molecule has 0 radical (unpaired) electrons. The zero-order chi connectivity index (χ0) is 21.6. The first-order chi connectivity index (χ1) is 15.1. The number of methoxy groups -OCH3 is 1. The van der Waals surface area contributed by atoms with Gasteiger partial charge in [0.1, 0.15) is 24.2 Å². The quantitative estimate of drug-likeness (QED) is 0.591. The van der Waals surface area contributed by atoms with Crippen molar-refractivity contribution in [3.05, 3.63) is 54.4 Å². The van der Waals surface area contributed by atoms with E-state index >= 15 is 0 Å². The summed E-state index contributed by atoms with van der Waals surface area (Å²) in [5.74, 6) is 2.52. The van der Waals surface area contributed by atoms with Gasteiger partial charge in [0.2, 0.25) is 11.8 Å². The summed E-state index contributed by atoms with van der Waals surface area (Å²) in [4.78, 5) is 4.58. The molecule has 1 aromatic heterocycles. The van der Waals surface area contributed by atoms with E-state index in [-0.39, 0.29) is 6.61 Å². The fraction of sp³-hybridized carbons (Fsp3) is 0.391. The molecule has 1 aliphatic rings. The summed E-state index contributed by atoms with van der Waals surface area (Å²) in [6.45, 7) is 6.08. The number of para-hydroxylation sites is 2. The molecule has 1 atom stereocenters. The normalized spacial score (nSPS) is 15.6. The van der Waals surface area contributed by atoms with Gasteiger partial charge >= 0.3 is 0 Å². The Bertz CT molecular complexity index is 985. The molecule has 0 saturated carbocycles. The number of hydrogen-bond donors (Lipinski definition) is 1. The maximum atomic E-state index is 10.5. The first kappa shape index (κ1) is 21.1.